The molecule has 0 aliphatic heterocycles. The molecule has 0 radical (unpaired) electrons. The summed E-state index contributed by atoms with van der Waals surface area (Å²) in [5, 5.41) is 8.83. The Kier molecular flexibility index (Phi) is 4.50. The van der Waals surface area contributed by atoms with Crippen LogP contribution in [0, 0.1) is 0 Å². The summed E-state index contributed by atoms with van der Waals surface area (Å²) >= 11 is 0. The predicted octanol–water partition coefficient (Wildman–Crippen LogP) is 2.79. The predicted molar refractivity (Wildman–Crippen MR) is 71.5 cm³/mol. The normalized spacial score (nSPS) is 10.1. The third-order valence-corrected chi connectivity index (χ3v) is 2.68. The summed E-state index contributed by atoms with van der Waals surface area (Å²) in [7, 11) is 0. The van der Waals surface area contributed by atoms with E-state index in [2.05, 4.69) is 17.1 Å². The molecule has 4 nitrogen and oxygen atoms in total. The van der Waals surface area contributed by atoms with Crippen molar-refractivity contribution >= 4 is 5.97 Å². The van der Waals surface area contributed by atoms with E-state index in [1.807, 2.05) is 18.2 Å². The zero-order chi connectivity index (χ0) is 13.5. The second kappa shape index (κ2) is 6.54. The molecule has 1 heterocycles. The highest BCUT2D eigenvalue weighted by molar-refractivity contribution is 5.87. The Bertz CT molecular complexity index is 540. The first kappa shape index (κ1) is 13.1. The molecule has 19 heavy (non-hydrogen) atoms. The molecule has 0 spiro atoms. The van der Waals surface area contributed by atoms with Crippen molar-refractivity contribution in [3.05, 3.63) is 59.9 Å². The Balaban J connectivity index is 1.80. The second-order valence-electron chi connectivity index (χ2n) is 4.15. The van der Waals surface area contributed by atoms with Gasteiger partial charge in [0.15, 0.2) is 0 Å². The van der Waals surface area contributed by atoms with Gasteiger partial charge in [-0.1, -0.05) is 30.3 Å². The van der Waals surface area contributed by atoms with Crippen LogP contribution in [0.2, 0.25) is 0 Å². The summed E-state index contributed by atoms with van der Waals surface area (Å²) in [6.45, 7) is 0.541. The van der Waals surface area contributed by atoms with Crippen molar-refractivity contribution in [3.8, 4) is 5.75 Å². The molecule has 0 bridgehead atoms. The fourth-order valence-corrected chi connectivity index (χ4v) is 1.73. The van der Waals surface area contributed by atoms with Crippen LogP contribution in [0.3, 0.4) is 0 Å². The van der Waals surface area contributed by atoms with Crippen LogP contribution in [-0.2, 0) is 6.42 Å². The summed E-state index contributed by atoms with van der Waals surface area (Å²) in [5.74, 6) is -0.504. The minimum atomic E-state index is -0.998. The van der Waals surface area contributed by atoms with Gasteiger partial charge in [-0.15, -0.1) is 0 Å². The number of aryl methyl sites for hydroxylation is 1. The number of carboxylic acid groups (broad SMARTS) is 1. The van der Waals surface area contributed by atoms with Crippen LogP contribution >= 0.6 is 0 Å². The standard InChI is InChI=1S/C15H15NO3/c17-15(18)13-9-14(11-16-10-13)19-8-4-7-12-5-2-1-3-6-12/h1-3,5-6,9-11H,4,7-8H2,(H,17,18). The molecule has 2 aromatic rings. The number of aromatic carboxylic acids is 1. The molecule has 4 heteroatoms. The Labute approximate surface area is 111 Å². The average molecular weight is 257 g/mol. The summed E-state index contributed by atoms with van der Waals surface area (Å²) in [6, 6.07) is 11.6. The maximum atomic E-state index is 10.8. The van der Waals surface area contributed by atoms with E-state index in [0.717, 1.165) is 12.8 Å². The van der Waals surface area contributed by atoms with Gasteiger partial charge in [-0.25, -0.2) is 4.79 Å². The number of pyridine rings is 1. The molecule has 1 aromatic carbocycles. The zero-order valence-corrected chi connectivity index (χ0v) is 10.5. The summed E-state index contributed by atoms with van der Waals surface area (Å²) in [4.78, 5) is 14.6. The van der Waals surface area contributed by atoms with Crippen LogP contribution in [-0.4, -0.2) is 22.7 Å². The van der Waals surface area contributed by atoms with Crippen molar-refractivity contribution in [2.75, 3.05) is 6.61 Å². The summed E-state index contributed by atoms with van der Waals surface area (Å²) in [5.41, 5.74) is 1.41. The van der Waals surface area contributed by atoms with Gasteiger partial charge >= 0.3 is 5.97 Å². The highest BCUT2D eigenvalue weighted by atomic mass is 16.5. The van der Waals surface area contributed by atoms with Crippen LogP contribution < -0.4 is 4.74 Å². The summed E-state index contributed by atoms with van der Waals surface area (Å²) < 4.78 is 5.49. The van der Waals surface area contributed by atoms with Gasteiger partial charge in [0.2, 0.25) is 0 Å². The third kappa shape index (κ3) is 4.10. The molecular formula is C15H15NO3. The smallest absolute Gasteiger partial charge is 0.337 e. The van der Waals surface area contributed by atoms with E-state index >= 15 is 0 Å². The van der Waals surface area contributed by atoms with Gasteiger partial charge in [-0.2, -0.15) is 0 Å². The monoisotopic (exact) mass is 257 g/mol. The van der Waals surface area contributed by atoms with Crippen molar-refractivity contribution in [3.63, 3.8) is 0 Å². The number of hydrogen-bond donors (Lipinski definition) is 1. The molecule has 0 atom stereocenters. The molecule has 1 aromatic heterocycles. The number of carboxylic acids is 1. The largest absolute Gasteiger partial charge is 0.492 e. The SMILES string of the molecule is O=C(O)c1cncc(OCCCc2ccccc2)c1. The zero-order valence-electron chi connectivity index (χ0n) is 10.5. The fourth-order valence-electron chi connectivity index (χ4n) is 1.73. The van der Waals surface area contributed by atoms with Crippen LogP contribution in [0.5, 0.6) is 5.75 Å². The summed E-state index contributed by atoms with van der Waals surface area (Å²) in [6.07, 6.45) is 4.64. The van der Waals surface area contributed by atoms with E-state index < -0.39 is 5.97 Å². The lowest BCUT2D eigenvalue weighted by molar-refractivity contribution is 0.0696. The minimum absolute atomic E-state index is 0.139. The molecule has 0 fully saturated rings. The van der Waals surface area contributed by atoms with Gasteiger partial charge in [0, 0.05) is 6.20 Å². The van der Waals surface area contributed by atoms with Gasteiger partial charge in [-0.3, -0.25) is 4.98 Å². The molecule has 0 saturated heterocycles. The first-order valence-corrected chi connectivity index (χ1v) is 6.11. The van der Waals surface area contributed by atoms with Crippen LogP contribution in [0.15, 0.2) is 48.8 Å². The lowest BCUT2D eigenvalue weighted by Crippen LogP contribution is -2.02. The van der Waals surface area contributed by atoms with E-state index in [1.165, 1.54) is 24.0 Å². The molecule has 0 amide bonds. The van der Waals surface area contributed by atoms with Crippen molar-refractivity contribution in [1.29, 1.82) is 0 Å². The Morgan fingerprint density at radius 3 is 2.74 bits per heavy atom. The third-order valence-electron chi connectivity index (χ3n) is 2.68. The van der Waals surface area contributed by atoms with Crippen LogP contribution in [0.4, 0.5) is 0 Å². The van der Waals surface area contributed by atoms with E-state index in [0.29, 0.717) is 12.4 Å². The van der Waals surface area contributed by atoms with Gasteiger partial charge in [0.05, 0.1) is 18.4 Å². The Hall–Kier alpha value is -2.36. The number of nitrogens with zero attached hydrogens (tertiary/aromatic N) is 1. The van der Waals surface area contributed by atoms with Gasteiger partial charge < -0.3 is 9.84 Å². The lowest BCUT2D eigenvalue weighted by atomic mass is 10.1. The molecule has 1 N–H and O–H groups in total. The van der Waals surface area contributed by atoms with Crippen LogP contribution in [0.1, 0.15) is 22.3 Å². The van der Waals surface area contributed by atoms with E-state index in [1.54, 1.807) is 0 Å². The maximum Gasteiger partial charge on any atom is 0.337 e. The maximum absolute atomic E-state index is 10.8. The van der Waals surface area contributed by atoms with Gasteiger partial charge in [0.25, 0.3) is 0 Å². The van der Waals surface area contributed by atoms with Crippen molar-refractivity contribution in [1.82, 2.24) is 4.98 Å². The molecule has 0 aliphatic rings. The number of ether oxygens (including phenoxy) is 1. The van der Waals surface area contributed by atoms with E-state index in [9.17, 15) is 4.79 Å². The molecule has 0 saturated carbocycles. The highest BCUT2D eigenvalue weighted by Crippen LogP contribution is 2.12. The van der Waals surface area contributed by atoms with Gasteiger partial charge in [-0.05, 0) is 24.5 Å². The van der Waals surface area contributed by atoms with E-state index in [4.69, 9.17) is 9.84 Å². The minimum Gasteiger partial charge on any atom is -0.492 e. The second-order valence-corrected chi connectivity index (χ2v) is 4.15. The number of benzene rings is 1. The molecule has 0 aliphatic carbocycles. The lowest BCUT2D eigenvalue weighted by Gasteiger charge is -2.06. The Morgan fingerprint density at radius 1 is 1.21 bits per heavy atom. The number of hydrogen-bond acceptors (Lipinski definition) is 3. The fraction of sp³-hybridized carbons (Fsp3) is 0.200. The van der Waals surface area contributed by atoms with E-state index in [-0.39, 0.29) is 5.56 Å². The number of carbonyl (C=O) groups is 1. The topological polar surface area (TPSA) is 59.4 Å². The van der Waals surface area contributed by atoms with Crippen molar-refractivity contribution < 1.29 is 14.6 Å². The quantitative estimate of drug-likeness (QED) is 0.808. The molecule has 2 rings (SSSR count). The number of rotatable bonds is 6. The first-order chi connectivity index (χ1) is 9.25. The number of aromatic nitrogens is 1. The Morgan fingerprint density at radius 2 is 2.00 bits per heavy atom. The van der Waals surface area contributed by atoms with Crippen LogP contribution in [0.25, 0.3) is 0 Å². The van der Waals surface area contributed by atoms with Crippen molar-refractivity contribution in [2.24, 2.45) is 0 Å². The molecular weight excluding hydrogens is 242 g/mol. The van der Waals surface area contributed by atoms with Crippen molar-refractivity contribution in [2.45, 2.75) is 12.8 Å². The first-order valence-electron chi connectivity index (χ1n) is 6.11. The highest BCUT2D eigenvalue weighted by Gasteiger charge is 2.04. The molecule has 0 unspecified atom stereocenters. The molecule has 98 valence electrons. The van der Waals surface area contributed by atoms with Gasteiger partial charge in [0.1, 0.15) is 5.75 Å². The average Bonchev–Trinajstić information content (AvgIpc) is 2.45.